The molecule has 8 nitrogen and oxygen atoms in total. The Kier molecular flexibility index (Phi) is 6.73. The highest BCUT2D eigenvalue weighted by Crippen LogP contribution is 2.40. The maximum atomic E-state index is 12.9. The van der Waals surface area contributed by atoms with Gasteiger partial charge < -0.3 is 14.2 Å². The Morgan fingerprint density at radius 3 is 2.31 bits per heavy atom. The van der Waals surface area contributed by atoms with Crippen molar-refractivity contribution < 1.29 is 23.8 Å². The summed E-state index contributed by atoms with van der Waals surface area (Å²) < 4.78 is 18.6. The number of rotatable bonds is 4. The first-order chi connectivity index (χ1) is 16.8. The molecule has 0 atom stereocenters. The third-order valence-corrected chi connectivity index (χ3v) is 5.80. The lowest BCUT2D eigenvalue weighted by atomic mass is 9.78. The van der Waals surface area contributed by atoms with Crippen LogP contribution in [0.2, 0.25) is 0 Å². The van der Waals surface area contributed by atoms with Crippen LogP contribution >= 0.6 is 0 Å². The molecule has 2 aromatic heterocycles. The van der Waals surface area contributed by atoms with E-state index in [1.165, 1.54) is 10.1 Å². The van der Waals surface area contributed by atoms with Crippen LogP contribution in [0.1, 0.15) is 71.6 Å². The normalized spacial score (nSPS) is 17.9. The highest BCUT2D eigenvalue weighted by Gasteiger charge is 2.32. The minimum absolute atomic E-state index is 0.0870. The van der Waals surface area contributed by atoms with E-state index < -0.39 is 23.4 Å². The zero-order valence-corrected chi connectivity index (χ0v) is 22.0. The predicted molar refractivity (Wildman–Crippen MR) is 139 cm³/mol. The number of benzene rings is 1. The van der Waals surface area contributed by atoms with Crippen molar-refractivity contribution in [2.24, 2.45) is 0 Å². The molecule has 36 heavy (non-hydrogen) atoms. The van der Waals surface area contributed by atoms with Crippen LogP contribution in [0.5, 0.6) is 5.75 Å². The maximum absolute atomic E-state index is 12.9. The molecule has 1 fully saturated rings. The van der Waals surface area contributed by atoms with Gasteiger partial charge in [-0.3, -0.25) is 14.9 Å². The summed E-state index contributed by atoms with van der Waals surface area (Å²) in [5.74, 6) is 1.10. The Labute approximate surface area is 211 Å². The first kappa shape index (κ1) is 25.5. The van der Waals surface area contributed by atoms with Crippen LogP contribution in [-0.4, -0.2) is 39.0 Å². The van der Waals surface area contributed by atoms with Crippen LogP contribution in [0.4, 0.5) is 15.3 Å². The zero-order valence-electron chi connectivity index (χ0n) is 22.0. The number of ether oxygens (including phenoxy) is 3. The fourth-order valence-electron chi connectivity index (χ4n) is 4.10. The number of hydrogen-bond acceptors (Lipinski definition) is 6. The summed E-state index contributed by atoms with van der Waals surface area (Å²) in [6, 6.07) is 9.63. The van der Waals surface area contributed by atoms with Crippen molar-refractivity contribution >= 4 is 28.8 Å². The van der Waals surface area contributed by atoms with Crippen molar-refractivity contribution in [1.29, 1.82) is 0 Å². The van der Waals surface area contributed by atoms with E-state index in [0.717, 1.165) is 18.5 Å². The summed E-state index contributed by atoms with van der Waals surface area (Å²) >= 11 is 0. The minimum Gasteiger partial charge on any atom is -0.490 e. The van der Waals surface area contributed by atoms with Gasteiger partial charge in [0.15, 0.2) is 0 Å². The first-order valence-corrected chi connectivity index (χ1v) is 12.2. The Morgan fingerprint density at radius 1 is 1.00 bits per heavy atom. The SMILES string of the molecule is Cc1ccc(C2CC(Oc3ccc4c(c3)c(NC(=O)OC(C)(C)C)cn4C(=O)OC(C)(C)C)C2)cn1. The smallest absolute Gasteiger partial charge is 0.419 e. The number of amides is 1. The second-order valence-electron chi connectivity index (χ2n) is 11.3. The van der Waals surface area contributed by atoms with Gasteiger partial charge in [0.25, 0.3) is 0 Å². The number of carbonyl (C=O) groups is 2. The molecule has 0 radical (unpaired) electrons. The van der Waals surface area contributed by atoms with Crippen molar-refractivity contribution in [3.8, 4) is 5.75 Å². The molecule has 1 aliphatic rings. The van der Waals surface area contributed by atoms with Gasteiger partial charge in [-0.2, -0.15) is 0 Å². The summed E-state index contributed by atoms with van der Waals surface area (Å²) in [5.41, 5.74) is 1.95. The molecule has 0 saturated heterocycles. The summed E-state index contributed by atoms with van der Waals surface area (Å²) in [4.78, 5) is 29.8. The van der Waals surface area contributed by atoms with E-state index in [1.54, 1.807) is 53.8 Å². The van der Waals surface area contributed by atoms with Crippen LogP contribution in [0.15, 0.2) is 42.7 Å². The largest absolute Gasteiger partial charge is 0.490 e. The average molecular weight is 494 g/mol. The second-order valence-corrected chi connectivity index (χ2v) is 11.3. The first-order valence-electron chi connectivity index (χ1n) is 12.2. The highest BCUT2D eigenvalue weighted by atomic mass is 16.6. The third-order valence-electron chi connectivity index (χ3n) is 5.80. The van der Waals surface area contributed by atoms with Crippen LogP contribution in [0.3, 0.4) is 0 Å². The molecule has 8 heteroatoms. The van der Waals surface area contributed by atoms with E-state index in [1.807, 2.05) is 31.3 Å². The predicted octanol–water partition coefficient (Wildman–Crippen LogP) is 6.80. The second kappa shape index (κ2) is 9.48. The van der Waals surface area contributed by atoms with Crippen molar-refractivity contribution in [2.45, 2.75) is 84.5 Å². The number of fused-ring (bicyclic) bond motifs is 1. The molecule has 1 aliphatic carbocycles. The number of nitrogens with one attached hydrogen (secondary N) is 1. The molecule has 0 unspecified atom stereocenters. The molecule has 192 valence electrons. The van der Waals surface area contributed by atoms with Gasteiger partial charge in [-0.25, -0.2) is 9.59 Å². The lowest BCUT2D eigenvalue weighted by Crippen LogP contribution is -2.32. The van der Waals surface area contributed by atoms with Crippen molar-refractivity contribution in [3.63, 3.8) is 0 Å². The third kappa shape index (κ3) is 6.17. The number of hydrogen-bond donors (Lipinski definition) is 1. The fourth-order valence-corrected chi connectivity index (χ4v) is 4.10. The van der Waals surface area contributed by atoms with E-state index >= 15 is 0 Å². The molecule has 1 saturated carbocycles. The Bertz CT molecular complexity index is 1260. The Hall–Kier alpha value is -3.55. The van der Waals surface area contributed by atoms with Crippen molar-refractivity contribution in [3.05, 3.63) is 54.0 Å². The van der Waals surface area contributed by atoms with Gasteiger partial charge in [0.1, 0.15) is 17.0 Å². The van der Waals surface area contributed by atoms with Gasteiger partial charge in [-0.05, 0) is 97.1 Å². The van der Waals surface area contributed by atoms with E-state index in [-0.39, 0.29) is 6.10 Å². The number of anilines is 1. The lowest BCUT2D eigenvalue weighted by molar-refractivity contribution is 0.0541. The van der Waals surface area contributed by atoms with Gasteiger partial charge in [0.05, 0.1) is 17.3 Å². The van der Waals surface area contributed by atoms with Gasteiger partial charge >= 0.3 is 12.2 Å². The molecule has 1 amide bonds. The van der Waals surface area contributed by atoms with Gasteiger partial charge in [-0.15, -0.1) is 0 Å². The minimum atomic E-state index is -0.663. The molecule has 0 spiro atoms. The summed E-state index contributed by atoms with van der Waals surface area (Å²) in [6.45, 7) is 12.8. The molecule has 0 bridgehead atoms. The number of pyridine rings is 1. The van der Waals surface area contributed by atoms with Crippen LogP contribution in [0.25, 0.3) is 10.9 Å². The molecule has 0 aliphatic heterocycles. The van der Waals surface area contributed by atoms with E-state index in [4.69, 9.17) is 14.2 Å². The van der Waals surface area contributed by atoms with Crippen molar-refractivity contribution in [2.75, 3.05) is 5.32 Å². The highest BCUT2D eigenvalue weighted by molar-refractivity contribution is 6.03. The van der Waals surface area contributed by atoms with E-state index in [2.05, 4.69) is 16.4 Å². The monoisotopic (exact) mass is 493 g/mol. The summed E-state index contributed by atoms with van der Waals surface area (Å²) in [6.07, 6.45) is 4.25. The van der Waals surface area contributed by atoms with Crippen molar-refractivity contribution in [1.82, 2.24) is 9.55 Å². The molecular weight excluding hydrogens is 458 g/mol. The Morgan fingerprint density at radius 2 is 1.69 bits per heavy atom. The van der Waals surface area contributed by atoms with Gasteiger partial charge in [0.2, 0.25) is 0 Å². The maximum Gasteiger partial charge on any atom is 0.419 e. The molecule has 3 aromatic rings. The number of carbonyl (C=O) groups excluding carboxylic acids is 2. The van der Waals surface area contributed by atoms with E-state index in [9.17, 15) is 9.59 Å². The molecule has 2 heterocycles. The molecule has 1 N–H and O–H groups in total. The molecule has 1 aromatic carbocycles. The van der Waals surface area contributed by atoms with Crippen LogP contribution in [-0.2, 0) is 9.47 Å². The topological polar surface area (TPSA) is 91.7 Å². The zero-order chi connectivity index (χ0) is 26.3. The fraction of sp³-hybridized carbons (Fsp3) is 0.464. The number of aryl methyl sites for hydroxylation is 1. The average Bonchev–Trinajstić information content (AvgIpc) is 3.06. The van der Waals surface area contributed by atoms with Crippen LogP contribution < -0.4 is 10.1 Å². The number of aromatic nitrogens is 2. The van der Waals surface area contributed by atoms with Gasteiger partial charge in [0, 0.05) is 23.5 Å². The van der Waals surface area contributed by atoms with E-state index in [0.29, 0.717) is 28.3 Å². The lowest BCUT2D eigenvalue weighted by Gasteiger charge is -2.35. The quantitative estimate of drug-likeness (QED) is 0.430. The molecule has 4 rings (SSSR count). The van der Waals surface area contributed by atoms with Crippen LogP contribution in [0, 0.1) is 6.92 Å². The number of nitrogens with zero attached hydrogens (tertiary/aromatic N) is 2. The summed E-state index contributed by atoms with van der Waals surface area (Å²) in [5, 5.41) is 3.42. The summed E-state index contributed by atoms with van der Waals surface area (Å²) in [7, 11) is 0. The molecular formula is C28H35N3O5. The standard InChI is InChI=1S/C28H35N3O5/c1-17-8-9-18(15-29-17)19-12-21(13-19)34-20-10-11-24-22(14-20)23(30-25(32)35-27(2,3)4)16-31(24)26(33)36-28(5,6)7/h8-11,14-16,19,21H,12-13H2,1-7H3,(H,30,32). The Balaban J connectivity index is 1.55. The van der Waals surface area contributed by atoms with Gasteiger partial charge in [-0.1, -0.05) is 6.07 Å².